The summed E-state index contributed by atoms with van der Waals surface area (Å²) in [6, 6.07) is 10.4. The van der Waals surface area contributed by atoms with Crippen LogP contribution in [0.1, 0.15) is 48.8 Å². The van der Waals surface area contributed by atoms with Crippen molar-refractivity contribution in [1.82, 2.24) is 4.90 Å². The molecule has 2 aromatic rings. The van der Waals surface area contributed by atoms with Crippen LogP contribution in [0.5, 0.6) is 11.5 Å². The first-order valence-electron chi connectivity index (χ1n) is 11.8. The molecule has 4 nitrogen and oxygen atoms in total. The number of hydrogen-bond donors (Lipinski definition) is 0. The third-order valence-electron chi connectivity index (χ3n) is 6.30. The fourth-order valence-electron chi connectivity index (χ4n) is 4.39. The maximum Gasteiger partial charge on any atom is 0.416 e. The summed E-state index contributed by atoms with van der Waals surface area (Å²) in [5.41, 5.74) is 1.38. The van der Waals surface area contributed by atoms with Gasteiger partial charge in [0, 0.05) is 24.6 Å². The second-order valence-electron chi connectivity index (χ2n) is 8.67. The molecule has 7 heteroatoms. The largest absolute Gasteiger partial charge is 0.457 e. The maximum atomic E-state index is 12.9. The van der Waals surface area contributed by atoms with Crippen molar-refractivity contribution in [3.05, 3.63) is 84.5 Å². The van der Waals surface area contributed by atoms with E-state index in [1.54, 1.807) is 0 Å². The number of rotatable bonds is 5. The van der Waals surface area contributed by atoms with Crippen molar-refractivity contribution in [1.29, 1.82) is 0 Å². The van der Waals surface area contributed by atoms with Gasteiger partial charge in [-0.05, 0) is 67.3 Å². The Morgan fingerprint density at radius 2 is 1.63 bits per heavy atom. The molecule has 4 rings (SSSR count). The van der Waals surface area contributed by atoms with Crippen molar-refractivity contribution in [3.63, 3.8) is 0 Å². The highest BCUT2D eigenvalue weighted by Gasteiger charge is 2.31. The van der Waals surface area contributed by atoms with Crippen LogP contribution in [0.15, 0.2) is 67.8 Å². The number of carbonyl (C=O) groups is 2. The smallest absolute Gasteiger partial charge is 0.416 e. The summed E-state index contributed by atoms with van der Waals surface area (Å²) < 4.78 is 44.1. The van der Waals surface area contributed by atoms with E-state index in [0.29, 0.717) is 31.0 Å². The fourth-order valence-corrected chi connectivity index (χ4v) is 4.39. The SMILES string of the molecule is C=CC(=O)C=C.O=C(C1CCCCC1)N1CCc2c(cccc2Oc2ccc(C(F)(F)F)cc2)C1. The average Bonchev–Trinajstić information content (AvgIpc) is 2.88. The monoisotopic (exact) mass is 485 g/mol. The number of alkyl halides is 3. The number of allylic oxidation sites excluding steroid dienone is 2. The highest BCUT2D eigenvalue weighted by Crippen LogP contribution is 2.35. The molecule has 0 radical (unpaired) electrons. The molecule has 1 heterocycles. The molecule has 1 amide bonds. The second kappa shape index (κ2) is 11.9. The minimum atomic E-state index is -4.36. The molecule has 0 unspecified atom stereocenters. The van der Waals surface area contributed by atoms with Crippen LogP contribution in [0.4, 0.5) is 13.2 Å². The van der Waals surface area contributed by atoms with Gasteiger partial charge in [-0.15, -0.1) is 0 Å². The topological polar surface area (TPSA) is 46.6 Å². The molecule has 1 aliphatic carbocycles. The summed E-state index contributed by atoms with van der Waals surface area (Å²) in [4.78, 5) is 24.7. The molecule has 0 atom stereocenters. The van der Waals surface area contributed by atoms with E-state index in [9.17, 15) is 22.8 Å². The number of amides is 1. The molecule has 0 N–H and O–H groups in total. The first-order valence-corrected chi connectivity index (χ1v) is 11.8. The normalized spacial score (nSPS) is 15.8. The van der Waals surface area contributed by atoms with E-state index < -0.39 is 11.7 Å². The van der Waals surface area contributed by atoms with E-state index in [-0.39, 0.29) is 17.6 Å². The molecular weight excluding hydrogens is 455 g/mol. The Morgan fingerprint density at radius 1 is 0.971 bits per heavy atom. The van der Waals surface area contributed by atoms with Crippen LogP contribution in [0.3, 0.4) is 0 Å². The minimum Gasteiger partial charge on any atom is -0.457 e. The number of carbonyl (C=O) groups excluding carboxylic acids is 2. The maximum absolute atomic E-state index is 12.9. The molecule has 2 aliphatic rings. The zero-order valence-electron chi connectivity index (χ0n) is 19.7. The summed E-state index contributed by atoms with van der Waals surface area (Å²) in [6.07, 6.45) is 4.21. The zero-order chi connectivity index (χ0) is 25.4. The van der Waals surface area contributed by atoms with E-state index in [1.165, 1.54) is 30.7 Å². The number of fused-ring (bicyclic) bond motifs is 1. The van der Waals surface area contributed by atoms with Crippen LogP contribution in [-0.4, -0.2) is 23.1 Å². The van der Waals surface area contributed by atoms with Crippen LogP contribution in [-0.2, 0) is 28.7 Å². The summed E-state index contributed by atoms with van der Waals surface area (Å²) >= 11 is 0. The summed E-state index contributed by atoms with van der Waals surface area (Å²) in [7, 11) is 0. The Labute approximate surface area is 204 Å². The molecule has 2 aromatic carbocycles. The molecule has 1 saturated carbocycles. The number of hydrogen-bond acceptors (Lipinski definition) is 3. The Kier molecular flexibility index (Phi) is 8.90. The third kappa shape index (κ3) is 7.07. The van der Waals surface area contributed by atoms with Crippen LogP contribution < -0.4 is 4.74 Å². The van der Waals surface area contributed by atoms with Gasteiger partial charge in [-0.25, -0.2) is 0 Å². The van der Waals surface area contributed by atoms with Gasteiger partial charge in [0.1, 0.15) is 11.5 Å². The van der Waals surface area contributed by atoms with E-state index in [4.69, 9.17) is 4.74 Å². The van der Waals surface area contributed by atoms with Crippen molar-refractivity contribution < 1.29 is 27.5 Å². The molecule has 1 fully saturated rings. The highest BCUT2D eigenvalue weighted by atomic mass is 19.4. The molecule has 0 saturated heterocycles. The molecular formula is C28H30F3NO3. The van der Waals surface area contributed by atoms with Crippen molar-refractivity contribution in [2.75, 3.05) is 6.54 Å². The van der Waals surface area contributed by atoms with Gasteiger partial charge in [-0.1, -0.05) is 44.6 Å². The van der Waals surface area contributed by atoms with Crippen molar-refractivity contribution in [2.45, 2.75) is 51.2 Å². The molecule has 0 spiro atoms. The lowest BCUT2D eigenvalue weighted by molar-refractivity contribution is -0.138. The standard InChI is InChI=1S/C23H24F3NO2.C5H6O/c24-23(25,26)18-9-11-19(12-10-18)29-21-8-4-7-17-15-27(14-13-20(17)21)22(28)16-5-2-1-3-6-16;1-3-5(6)4-2/h4,7-12,16H,1-3,5-6,13-15H2;3-4H,1-2H2. The predicted molar refractivity (Wildman–Crippen MR) is 129 cm³/mol. The number of ketones is 1. The van der Waals surface area contributed by atoms with Gasteiger partial charge >= 0.3 is 6.18 Å². The highest BCUT2D eigenvalue weighted by molar-refractivity contribution is 5.98. The van der Waals surface area contributed by atoms with Gasteiger partial charge in [0.05, 0.1) is 5.56 Å². The Bertz CT molecular complexity index is 1040. The van der Waals surface area contributed by atoms with Crippen LogP contribution in [0.2, 0.25) is 0 Å². The quantitative estimate of drug-likeness (QED) is 0.433. The van der Waals surface area contributed by atoms with E-state index in [2.05, 4.69) is 13.2 Å². The third-order valence-corrected chi connectivity index (χ3v) is 6.30. The van der Waals surface area contributed by atoms with Gasteiger partial charge in [-0.3, -0.25) is 9.59 Å². The summed E-state index contributed by atoms with van der Waals surface area (Å²) in [6.45, 7) is 7.63. The molecule has 0 bridgehead atoms. The summed E-state index contributed by atoms with van der Waals surface area (Å²) in [5.74, 6) is 1.29. The van der Waals surface area contributed by atoms with Crippen molar-refractivity contribution in [3.8, 4) is 11.5 Å². The Balaban J connectivity index is 0.000000509. The lowest BCUT2D eigenvalue weighted by Crippen LogP contribution is -2.40. The lowest BCUT2D eigenvalue weighted by atomic mass is 9.87. The van der Waals surface area contributed by atoms with Gasteiger partial charge < -0.3 is 9.64 Å². The minimum absolute atomic E-state index is 0.130. The number of ether oxygens (including phenoxy) is 1. The Morgan fingerprint density at radius 3 is 2.20 bits per heavy atom. The molecule has 35 heavy (non-hydrogen) atoms. The van der Waals surface area contributed by atoms with Gasteiger partial charge in [0.2, 0.25) is 5.91 Å². The van der Waals surface area contributed by atoms with Crippen LogP contribution >= 0.6 is 0 Å². The van der Waals surface area contributed by atoms with E-state index >= 15 is 0 Å². The first-order chi connectivity index (χ1) is 16.7. The average molecular weight is 486 g/mol. The van der Waals surface area contributed by atoms with E-state index in [1.807, 2.05) is 23.1 Å². The lowest BCUT2D eigenvalue weighted by Gasteiger charge is -2.33. The van der Waals surface area contributed by atoms with E-state index in [0.717, 1.165) is 48.9 Å². The number of nitrogens with zero attached hydrogens (tertiary/aromatic N) is 1. The van der Waals surface area contributed by atoms with Gasteiger partial charge in [0.25, 0.3) is 0 Å². The number of halogens is 3. The number of benzene rings is 2. The van der Waals surface area contributed by atoms with Crippen molar-refractivity contribution in [2.24, 2.45) is 5.92 Å². The van der Waals surface area contributed by atoms with Crippen molar-refractivity contribution >= 4 is 11.7 Å². The van der Waals surface area contributed by atoms with Crippen LogP contribution in [0.25, 0.3) is 0 Å². The molecule has 1 aliphatic heterocycles. The molecule has 186 valence electrons. The first kappa shape index (κ1) is 26.3. The van der Waals surface area contributed by atoms with Crippen LogP contribution in [0, 0.1) is 5.92 Å². The summed E-state index contributed by atoms with van der Waals surface area (Å²) in [5, 5.41) is 0. The Hall–Kier alpha value is -3.35. The van der Waals surface area contributed by atoms with Gasteiger partial charge in [-0.2, -0.15) is 13.2 Å². The zero-order valence-corrected chi connectivity index (χ0v) is 19.7. The van der Waals surface area contributed by atoms with Gasteiger partial charge in [0.15, 0.2) is 5.78 Å². The second-order valence-corrected chi connectivity index (χ2v) is 8.67. The molecule has 0 aromatic heterocycles. The fraction of sp³-hybridized carbons (Fsp3) is 0.357. The predicted octanol–water partition coefficient (Wildman–Crippen LogP) is 6.89.